The van der Waals surface area contributed by atoms with Crippen molar-refractivity contribution in [3.63, 3.8) is 0 Å². The molecule has 1 heterocycles. The molecule has 0 bridgehead atoms. The number of anilines is 2. The van der Waals surface area contributed by atoms with Crippen molar-refractivity contribution in [2.45, 2.75) is 32.5 Å². The molecule has 0 N–H and O–H groups in total. The predicted molar refractivity (Wildman–Crippen MR) is 104 cm³/mol. The normalized spacial score (nSPS) is 16.3. The molecule has 150 valence electrons. The van der Waals surface area contributed by atoms with E-state index >= 15 is 0 Å². The zero-order chi connectivity index (χ0) is 21.7. The molecule has 1 aliphatic rings. The van der Waals surface area contributed by atoms with Gasteiger partial charge in [0, 0.05) is 5.69 Å². The van der Waals surface area contributed by atoms with Crippen LogP contribution in [0.1, 0.15) is 30.5 Å². The van der Waals surface area contributed by atoms with Crippen molar-refractivity contribution >= 4 is 34.6 Å². The largest absolute Gasteiger partial charge is 0.420 e. The number of nitriles is 1. The summed E-state index contributed by atoms with van der Waals surface area (Å²) < 4.78 is 55.0. The van der Waals surface area contributed by atoms with Crippen LogP contribution in [0.15, 0.2) is 36.4 Å². The van der Waals surface area contributed by atoms with Crippen LogP contribution in [0.25, 0.3) is 0 Å². The Morgan fingerprint density at radius 3 is 2.21 bits per heavy atom. The number of alkyl halides is 3. The fourth-order valence-electron chi connectivity index (χ4n) is 3.24. The van der Waals surface area contributed by atoms with Gasteiger partial charge >= 0.3 is 6.18 Å². The minimum Gasteiger partial charge on any atom is -0.304 e. The van der Waals surface area contributed by atoms with Crippen molar-refractivity contribution in [2.24, 2.45) is 0 Å². The molecule has 0 spiro atoms. The molecule has 1 saturated heterocycles. The van der Waals surface area contributed by atoms with Crippen molar-refractivity contribution in [3.05, 3.63) is 58.9 Å². The average molecular weight is 421 g/mol. The Labute approximate surface area is 169 Å². The molecule has 29 heavy (non-hydrogen) atoms. The molecule has 1 amide bonds. The number of halogens is 4. The fraction of sp³-hybridized carbons (Fsp3) is 0.250. The number of rotatable bonds is 2. The first kappa shape index (κ1) is 20.7. The van der Waals surface area contributed by atoms with Gasteiger partial charge in [0.05, 0.1) is 17.3 Å². The molecular weight excluding hydrogens is 406 g/mol. The van der Waals surface area contributed by atoms with Crippen LogP contribution < -0.4 is 9.80 Å². The van der Waals surface area contributed by atoms with Crippen LogP contribution in [0.3, 0.4) is 0 Å². The predicted octanol–water partition coefficient (Wildman–Crippen LogP) is 4.94. The molecule has 0 aromatic heterocycles. The summed E-state index contributed by atoms with van der Waals surface area (Å²) in [4.78, 5) is 15.3. The van der Waals surface area contributed by atoms with E-state index in [1.165, 1.54) is 11.0 Å². The highest BCUT2D eigenvalue weighted by Gasteiger charge is 2.51. The van der Waals surface area contributed by atoms with Crippen molar-refractivity contribution in [2.75, 3.05) is 9.80 Å². The Kier molecular flexibility index (Phi) is 4.87. The van der Waals surface area contributed by atoms with E-state index in [-0.39, 0.29) is 5.11 Å². The van der Waals surface area contributed by atoms with E-state index in [4.69, 9.17) is 17.5 Å². The zero-order valence-corrected chi connectivity index (χ0v) is 16.5. The fourth-order valence-corrected chi connectivity index (χ4v) is 3.76. The smallest absolute Gasteiger partial charge is 0.304 e. The third-order valence-electron chi connectivity index (χ3n) is 4.73. The molecule has 0 radical (unpaired) electrons. The van der Waals surface area contributed by atoms with Crippen LogP contribution in [0.4, 0.5) is 28.9 Å². The first-order valence-corrected chi connectivity index (χ1v) is 8.87. The van der Waals surface area contributed by atoms with E-state index in [1.54, 1.807) is 38.1 Å². The molecule has 0 unspecified atom stereocenters. The first-order valence-electron chi connectivity index (χ1n) is 8.46. The number of benzene rings is 2. The van der Waals surface area contributed by atoms with Crippen LogP contribution in [0.2, 0.25) is 0 Å². The minimum atomic E-state index is -5.11. The van der Waals surface area contributed by atoms with E-state index in [0.29, 0.717) is 5.69 Å². The summed E-state index contributed by atoms with van der Waals surface area (Å²) in [6, 6.07) is 10.2. The maximum absolute atomic E-state index is 14.9. The van der Waals surface area contributed by atoms with Crippen molar-refractivity contribution in [3.8, 4) is 6.07 Å². The van der Waals surface area contributed by atoms with Gasteiger partial charge < -0.3 is 4.90 Å². The van der Waals surface area contributed by atoms with E-state index in [2.05, 4.69) is 0 Å². The lowest BCUT2D eigenvalue weighted by Gasteiger charge is -2.29. The number of hydrogen-bond donors (Lipinski definition) is 0. The van der Waals surface area contributed by atoms with E-state index < -0.39 is 40.3 Å². The highest BCUT2D eigenvalue weighted by Crippen LogP contribution is 2.41. The van der Waals surface area contributed by atoms with Crippen molar-refractivity contribution in [1.82, 2.24) is 0 Å². The summed E-state index contributed by atoms with van der Waals surface area (Å²) in [6.45, 7) is 4.97. The van der Waals surface area contributed by atoms with Crippen LogP contribution in [0, 0.1) is 24.1 Å². The molecule has 2 aromatic carbocycles. The van der Waals surface area contributed by atoms with E-state index in [9.17, 15) is 22.4 Å². The molecular formula is C20H15F4N3OS. The highest BCUT2D eigenvalue weighted by molar-refractivity contribution is 7.81. The molecule has 4 nitrogen and oxygen atoms in total. The summed E-state index contributed by atoms with van der Waals surface area (Å²) in [6.07, 6.45) is -5.11. The molecule has 0 atom stereocenters. The Hall–Kier alpha value is -2.99. The number of amides is 1. The maximum Gasteiger partial charge on any atom is 0.420 e. The van der Waals surface area contributed by atoms with Crippen LogP contribution in [-0.2, 0) is 11.0 Å². The van der Waals surface area contributed by atoms with Gasteiger partial charge in [-0.3, -0.25) is 9.69 Å². The summed E-state index contributed by atoms with van der Waals surface area (Å²) in [5, 5.41) is 8.78. The van der Waals surface area contributed by atoms with Gasteiger partial charge in [-0.2, -0.15) is 18.4 Å². The van der Waals surface area contributed by atoms with Gasteiger partial charge in [0.25, 0.3) is 5.91 Å². The quantitative estimate of drug-likeness (QED) is 0.509. The van der Waals surface area contributed by atoms with Gasteiger partial charge in [0.15, 0.2) is 10.9 Å². The number of carbonyl (C=O) groups excluding carboxylic acids is 1. The monoisotopic (exact) mass is 421 g/mol. The second kappa shape index (κ2) is 6.81. The van der Waals surface area contributed by atoms with Crippen LogP contribution >= 0.6 is 12.2 Å². The maximum atomic E-state index is 14.9. The Morgan fingerprint density at radius 1 is 1.10 bits per heavy atom. The van der Waals surface area contributed by atoms with Crippen LogP contribution in [0.5, 0.6) is 0 Å². The van der Waals surface area contributed by atoms with Gasteiger partial charge in [-0.15, -0.1) is 0 Å². The standard InChI is InChI=1S/C20H15F4N3OS/c1-11-4-7-13(8-5-11)27-18(29)26(17(28)19(27,2)3)14-9-6-12(10-25)15(16(14)21)20(22,23)24/h4-9H,1-3H3. The Morgan fingerprint density at radius 2 is 1.69 bits per heavy atom. The highest BCUT2D eigenvalue weighted by atomic mass is 32.1. The molecule has 1 fully saturated rings. The average Bonchev–Trinajstić information content (AvgIpc) is 2.80. The summed E-state index contributed by atoms with van der Waals surface area (Å²) >= 11 is 5.36. The second-order valence-corrected chi connectivity index (χ2v) is 7.45. The summed E-state index contributed by atoms with van der Waals surface area (Å²) in [7, 11) is 0. The lowest BCUT2D eigenvalue weighted by atomic mass is 10.0. The van der Waals surface area contributed by atoms with Crippen molar-refractivity contribution in [1.29, 1.82) is 5.26 Å². The SMILES string of the molecule is Cc1ccc(N2C(=S)N(c3ccc(C#N)c(C(F)(F)F)c3F)C(=O)C2(C)C)cc1. The van der Waals surface area contributed by atoms with Gasteiger partial charge in [-0.05, 0) is 57.3 Å². The lowest BCUT2D eigenvalue weighted by Crippen LogP contribution is -2.44. The number of thiocarbonyl (C=S) groups is 1. The lowest BCUT2D eigenvalue weighted by molar-refractivity contribution is -0.140. The Balaban J connectivity index is 2.18. The Bertz CT molecular complexity index is 1060. The number of nitrogens with zero attached hydrogens (tertiary/aromatic N) is 3. The van der Waals surface area contributed by atoms with Gasteiger partial charge in [0.1, 0.15) is 11.1 Å². The van der Waals surface area contributed by atoms with E-state index in [0.717, 1.165) is 22.6 Å². The van der Waals surface area contributed by atoms with Gasteiger partial charge in [0.2, 0.25) is 0 Å². The molecule has 9 heteroatoms. The van der Waals surface area contributed by atoms with E-state index in [1.807, 2.05) is 6.92 Å². The zero-order valence-electron chi connectivity index (χ0n) is 15.6. The number of hydrogen-bond acceptors (Lipinski definition) is 3. The second-order valence-electron chi connectivity index (χ2n) is 7.08. The number of aryl methyl sites for hydroxylation is 1. The third kappa shape index (κ3) is 3.23. The van der Waals surface area contributed by atoms with Gasteiger partial charge in [-0.1, -0.05) is 17.7 Å². The molecule has 2 aromatic rings. The first-order chi connectivity index (χ1) is 13.4. The molecule has 3 rings (SSSR count). The molecule has 1 aliphatic heterocycles. The summed E-state index contributed by atoms with van der Waals surface area (Å²) in [5.41, 5.74) is -2.98. The van der Waals surface area contributed by atoms with Crippen molar-refractivity contribution < 1.29 is 22.4 Å². The molecule has 0 saturated carbocycles. The summed E-state index contributed by atoms with van der Waals surface area (Å²) in [5.74, 6) is -2.39. The number of carbonyl (C=O) groups is 1. The van der Waals surface area contributed by atoms with Gasteiger partial charge in [-0.25, -0.2) is 4.39 Å². The minimum absolute atomic E-state index is 0.152. The van der Waals surface area contributed by atoms with Crippen LogP contribution in [-0.4, -0.2) is 16.6 Å². The third-order valence-corrected chi connectivity index (χ3v) is 5.09. The topological polar surface area (TPSA) is 47.3 Å². The molecule has 0 aliphatic carbocycles.